The van der Waals surface area contributed by atoms with Crippen LogP contribution in [0.1, 0.15) is 53.4 Å². The summed E-state index contributed by atoms with van der Waals surface area (Å²) in [5.41, 5.74) is 4.52. The van der Waals surface area contributed by atoms with Crippen LogP contribution >= 0.6 is 11.6 Å². The first-order valence-electron chi connectivity index (χ1n) is 12.7. The summed E-state index contributed by atoms with van der Waals surface area (Å²) >= 11 is 5.83. The highest BCUT2D eigenvalue weighted by Gasteiger charge is 2.32. The number of carbonyl (C=O) groups is 4. The Morgan fingerprint density at radius 1 is 1.23 bits per heavy atom. The Morgan fingerprint density at radius 2 is 1.93 bits per heavy atom. The Balaban J connectivity index is 2.60. The van der Waals surface area contributed by atoms with Gasteiger partial charge in [0, 0.05) is 36.8 Å². The molecule has 3 unspecified atom stereocenters. The number of hydrogen-bond acceptors (Lipinski definition) is 7. The Kier molecular flexibility index (Phi) is 15.0. The number of amides is 3. The summed E-state index contributed by atoms with van der Waals surface area (Å²) < 4.78 is 15.2. The van der Waals surface area contributed by atoms with Gasteiger partial charge in [-0.3, -0.25) is 9.59 Å². The Hall–Kier alpha value is -3.97. The third-order valence-corrected chi connectivity index (χ3v) is 5.52. The van der Waals surface area contributed by atoms with E-state index in [-0.39, 0.29) is 11.9 Å². The second-order valence-electron chi connectivity index (χ2n) is 9.84. The minimum absolute atomic E-state index is 0.207. The minimum Gasteiger partial charge on any atom is -0.490 e. The van der Waals surface area contributed by atoms with Gasteiger partial charge in [-0.25, -0.2) is 9.59 Å². The van der Waals surface area contributed by atoms with Gasteiger partial charge in [-0.1, -0.05) is 62.4 Å². The van der Waals surface area contributed by atoms with E-state index >= 15 is 0 Å². The lowest BCUT2D eigenvalue weighted by Crippen LogP contribution is -2.52. The maximum Gasteiger partial charge on any atom is 0.404 e. The molecule has 0 bridgehead atoms. The zero-order valence-electron chi connectivity index (χ0n) is 23.5. The van der Waals surface area contributed by atoms with Crippen molar-refractivity contribution in [1.29, 1.82) is 0 Å². The average molecular weight is 576 g/mol. The van der Waals surface area contributed by atoms with Crippen LogP contribution in [0.3, 0.4) is 0 Å². The summed E-state index contributed by atoms with van der Waals surface area (Å²) in [4.78, 5) is 47.9. The van der Waals surface area contributed by atoms with E-state index in [9.17, 15) is 19.2 Å². The molecule has 0 aliphatic carbocycles. The first-order valence-corrected chi connectivity index (χ1v) is 13.0. The van der Waals surface area contributed by atoms with Gasteiger partial charge in [0.15, 0.2) is 5.76 Å². The number of primary amides is 1. The SMILES string of the molecule is COC1=CCC(C/C=C\C#C/C=C/C(=O)NC(C(=O)N/C=C\CC(C/C=C(\C)Cl)OC(N)=O)C(C)(C)C)OC1=O. The summed E-state index contributed by atoms with van der Waals surface area (Å²) in [6, 6.07) is -0.840. The zero-order chi connectivity index (χ0) is 30.1. The van der Waals surface area contributed by atoms with Crippen LogP contribution in [0.15, 0.2) is 59.5 Å². The van der Waals surface area contributed by atoms with Crippen molar-refractivity contribution in [3.05, 3.63) is 59.5 Å². The maximum atomic E-state index is 12.8. The number of esters is 1. The number of rotatable bonds is 12. The van der Waals surface area contributed by atoms with E-state index in [1.807, 2.05) is 20.8 Å². The van der Waals surface area contributed by atoms with Crippen molar-refractivity contribution in [2.24, 2.45) is 11.1 Å². The van der Waals surface area contributed by atoms with Gasteiger partial charge in [-0.05, 0) is 36.8 Å². The number of nitrogens with one attached hydrogen (secondary N) is 2. The maximum absolute atomic E-state index is 12.8. The molecule has 0 saturated carbocycles. The van der Waals surface area contributed by atoms with Crippen LogP contribution in [0.2, 0.25) is 0 Å². The van der Waals surface area contributed by atoms with Gasteiger partial charge in [-0.2, -0.15) is 0 Å². The summed E-state index contributed by atoms with van der Waals surface area (Å²) in [7, 11) is 1.42. The molecule has 1 aliphatic heterocycles. The predicted octanol–water partition coefficient (Wildman–Crippen LogP) is 3.89. The van der Waals surface area contributed by atoms with Crippen molar-refractivity contribution < 1.29 is 33.4 Å². The first-order chi connectivity index (χ1) is 18.8. The van der Waals surface area contributed by atoms with Crippen LogP contribution in [0.25, 0.3) is 0 Å². The van der Waals surface area contributed by atoms with Crippen molar-refractivity contribution in [2.45, 2.75) is 71.6 Å². The molecule has 0 radical (unpaired) electrons. The zero-order valence-corrected chi connectivity index (χ0v) is 24.2. The second kappa shape index (κ2) is 17.6. The highest BCUT2D eigenvalue weighted by atomic mass is 35.5. The fourth-order valence-electron chi connectivity index (χ4n) is 3.34. The molecular formula is C29H38ClN3O7. The Labute approximate surface area is 240 Å². The molecule has 1 heterocycles. The molecule has 3 amide bonds. The van der Waals surface area contributed by atoms with Crippen LogP contribution in [0.4, 0.5) is 4.79 Å². The highest BCUT2D eigenvalue weighted by molar-refractivity contribution is 6.29. The number of nitrogens with two attached hydrogens (primary N) is 1. The quantitative estimate of drug-likeness (QED) is 0.182. The second-order valence-corrected chi connectivity index (χ2v) is 10.4. The van der Waals surface area contributed by atoms with E-state index in [1.165, 1.54) is 25.5 Å². The number of carbonyl (C=O) groups excluding carboxylic acids is 4. The molecule has 3 atom stereocenters. The molecule has 4 N–H and O–H groups in total. The molecule has 10 nitrogen and oxygen atoms in total. The number of cyclic esters (lactones) is 1. The van der Waals surface area contributed by atoms with Crippen molar-refractivity contribution in [3.8, 4) is 11.8 Å². The molecule has 0 aromatic carbocycles. The van der Waals surface area contributed by atoms with Crippen molar-refractivity contribution in [3.63, 3.8) is 0 Å². The van der Waals surface area contributed by atoms with E-state index < -0.39 is 41.4 Å². The smallest absolute Gasteiger partial charge is 0.404 e. The number of hydrogen-bond donors (Lipinski definition) is 3. The Morgan fingerprint density at radius 3 is 2.52 bits per heavy atom. The van der Waals surface area contributed by atoms with Crippen molar-refractivity contribution in [1.82, 2.24) is 10.6 Å². The molecule has 0 spiro atoms. The molecule has 1 aliphatic rings. The van der Waals surface area contributed by atoms with E-state index in [2.05, 4.69) is 22.5 Å². The molecule has 0 aromatic rings. The summed E-state index contributed by atoms with van der Waals surface area (Å²) in [6.45, 7) is 7.17. The number of methoxy groups -OCH3 is 1. The van der Waals surface area contributed by atoms with Gasteiger partial charge in [0.25, 0.3) is 0 Å². The van der Waals surface area contributed by atoms with Crippen LogP contribution < -0.4 is 16.4 Å². The molecule has 0 fully saturated rings. The van der Waals surface area contributed by atoms with E-state index in [1.54, 1.807) is 37.3 Å². The van der Waals surface area contributed by atoms with Crippen LogP contribution in [0, 0.1) is 17.3 Å². The minimum atomic E-state index is -0.905. The van der Waals surface area contributed by atoms with Gasteiger partial charge in [0.05, 0.1) is 7.11 Å². The highest BCUT2D eigenvalue weighted by Crippen LogP contribution is 2.20. The van der Waals surface area contributed by atoms with E-state index in [4.69, 9.17) is 31.5 Å². The first kappa shape index (κ1) is 34.1. The lowest BCUT2D eigenvalue weighted by Gasteiger charge is -2.29. The van der Waals surface area contributed by atoms with Crippen LogP contribution in [-0.2, 0) is 28.6 Å². The molecule has 0 saturated heterocycles. The standard InChI is InChI=1S/C29H38ClN3O7/c1-20(30)15-16-22(40-28(31)37)13-11-19-32-26(35)25(29(2,3)4)33-24(34)14-10-8-6-7-9-12-21-17-18-23(38-5)27(36)39-21/h7,9-11,14-15,18-19,21-22,25H,12-13,16-17H2,1-5H3,(H2,31,37)(H,32,35)(H,33,34)/b9-7-,14-10+,19-11-,20-15+. The molecule has 1 rings (SSSR count). The topological polar surface area (TPSA) is 146 Å². The lowest BCUT2D eigenvalue weighted by atomic mass is 9.86. The normalized spacial score (nSPS) is 17.4. The third kappa shape index (κ3) is 14.3. The largest absolute Gasteiger partial charge is 0.490 e. The lowest BCUT2D eigenvalue weighted by molar-refractivity contribution is -0.149. The third-order valence-electron chi connectivity index (χ3n) is 5.36. The molecule has 40 heavy (non-hydrogen) atoms. The van der Waals surface area contributed by atoms with E-state index in [0.717, 1.165) is 0 Å². The fraction of sp³-hybridized carbons (Fsp3) is 0.448. The molecule has 11 heteroatoms. The number of ether oxygens (including phenoxy) is 3. The fourth-order valence-corrected chi connectivity index (χ4v) is 3.43. The predicted molar refractivity (Wildman–Crippen MR) is 152 cm³/mol. The van der Waals surface area contributed by atoms with Crippen LogP contribution in [0.5, 0.6) is 0 Å². The number of halogens is 1. The Bertz CT molecular complexity index is 1120. The monoisotopic (exact) mass is 575 g/mol. The average Bonchev–Trinajstić information content (AvgIpc) is 2.86. The summed E-state index contributed by atoms with van der Waals surface area (Å²) in [5, 5.41) is 5.89. The summed E-state index contributed by atoms with van der Waals surface area (Å²) in [6.07, 6.45) is 12.4. The van der Waals surface area contributed by atoms with Crippen molar-refractivity contribution >= 4 is 35.5 Å². The summed E-state index contributed by atoms with van der Waals surface area (Å²) in [5.74, 6) is 4.31. The number of allylic oxidation sites excluding steroid dienone is 3. The molecule has 218 valence electrons. The van der Waals surface area contributed by atoms with Gasteiger partial charge in [0.1, 0.15) is 18.2 Å². The van der Waals surface area contributed by atoms with E-state index in [0.29, 0.717) is 30.7 Å². The molecule has 0 aromatic heterocycles. The van der Waals surface area contributed by atoms with Gasteiger partial charge < -0.3 is 30.6 Å². The molecular weight excluding hydrogens is 538 g/mol. The van der Waals surface area contributed by atoms with Gasteiger partial charge in [-0.15, -0.1) is 0 Å². The van der Waals surface area contributed by atoms with Crippen LogP contribution in [-0.4, -0.2) is 49.2 Å². The van der Waals surface area contributed by atoms with Crippen molar-refractivity contribution in [2.75, 3.05) is 7.11 Å². The van der Waals surface area contributed by atoms with Gasteiger partial charge >= 0.3 is 12.1 Å². The van der Waals surface area contributed by atoms with Gasteiger partial charge in [0.2, 0.25) is 11.8 Å².